The molecule has 0 radical (unpaired) electrons. The number of aryl methyl sites for hydroxylation is 1. The van der Waals surface area contributed by atoms with Crippen molar-refractivity contribution in [2.75, 3.05) is 0 Å². The lowest BCUT2D eigenvalue weighted by atomic mass is 9.79. The van der Waals surface area contributed by atoms with Gasteiger partial charge in [-0.25, -0.2) is 0 Å². The topological polar surface area (TPSA) is 47.3 Å². The first-order chi connectivity index (χ1) is 10.1. The van der Waals surface area contributed by atoms with Crippen molar-refractivity contribution in [2.45, 2.75) is 26.7 Å². The molecule has 0 fully saturated rings. The molecule has 0 aliphatic heterocycles. The Morgan fingerprint density at radius 3 is 2.52 bits per heavy atom. The average molecular weight is 278 g/mol. The first-order valence-electron chi connectivity index (χ1n) is 7.10. The van der Waals surface area contributed by atoms with E-state index in [9.17, 15) is 9.59 Å². The molecule has 2 aliphatic rings. The van der Waals surface area contributed by atoms with E-state index in [1.165, 1.54) is 5.57 Å². The maximum Gasteiger partial charge on any atom is 0.237 e. The molecule has 3 nitrogen and oxygen atoms in total. The number of hydrogen-bond donors (Lipinski definition) is 0. The fourth-order valence-corrected chi connectivity index (χ4v) is 3.42. The summed E-state index contributed by atoms with van der Waals surface area (Å²) in [6.07, 6.45) is 5.42. The third kappa shape index (κ3) is 1.49. The highest BCUT2D eigenvalue weighted by Crippen LogP contribution is 2.41. The van der Waals surface area contributed by atoms with E-state index < -0.39 is 11.6 Å². The zero-order valence-corrected chi connectivity index (χ0v) is 11.9. The van der Waals surface area contributed by atoms with Gasteiger partial charge in [0.05, 0.1) is 11.8 Å². The number of fused-ring (bicyclic) bond motifs is 5. The van der Waals surface area contributed by atoms with Gasteiger partial charge >= 0.3 is 0 Å². The van der Waals surface area contributed by atoms with Crippen LogP contribution in [-0.4, -0.2) is 11.6 Å². The van der Waals surface area contributed by atoms with Crippen molar-refractivity contribution in [1.82, 2.24) is 0 Å². The summed E-state index contributed by atoms with van der Waals surface area (Å²) in [5, 5.41) is 0. The van der Waals surface area contributed by atoms with Crippen molar-refractivity contribution in [3.05, 3.63) is 52.3 Å². The molecule has 1 heterocycles. The van der Waals surface area contributed by atoms with E-state index in [0.29, 0.717) is 16.9 Å². The molecule has 1 aromatic carbocycles. The smallest absolute Gasteiger partial charge is 0.237 e. The van der Waals surface area contributed by atoms with Crippen LogP contribution in [0, 0.1) is 6.92 Å². The lowest BCUT2D eigenvalue weighted by Gasteiger charge is -2.23. The second-order valence-corrected chi connectivity index (χ2v) is 5.72. The van der Waals surface area contributed by atoms with E-state index in [-0.39, 0.29) is 0 Å². The van der Waals surface area contributed by atoms with Crippen molar-refractivity contribution in [3.63, 3.8) is 0 Å². The summed E-state index contributed by atoms with van der Waals surface area (Å²) in [5.41, 5.74) is 5.69. The summed E-state index contributed by atoms with van der Waals surface area (Å²) in [6.45, 7) is 3.84. The van der Waals surface area contributed by atoms with Crippen LogP contribution in [0.25, 0.3) is 16.9 Å². The van der Waals surface area contributed by atoms with Gasteiger partial charge in [-0.3, -0.25) is 9.59 Å². The van der Waals surface area contributed by atoms with E-state index in [1.807, 2.05) is 19.1 Å². The molecule has 104 valence electrons. The van der Waals surface area contributed by atoms with Gasteiger partial charge < -0.3 is 4.42 Å². The number of ketones is 2. The molecule has 1 aromatic heterocycles. The molecule has 0 saturated carbocycles. The number of rotatable bonds is 0. The Morgan fingerprint density at radius 1 is 1.00 bits per heavy atom. The van der Waals surface area contributed by atoms with Gasteiger partial charge in [0.15, 0.2) is 0 Å². The molecule has 21 heavy (non-hydrogen) atoms. The summed E-state index contributed by atoms with van der Waals surface area (Å²) in [6, 6.07) is 3.94. The van der Waals surface area contributed by atoms with Crippen LogP contribution in [0.5, 0.6) is 0 Å². The van der Waals surface area contributed by atoms with Crippen LogP contribution in [0.1, 0.15) is 50.8 Å². The van der Waals surface area contributed by atoms with Crippen LogP contribution >= 0.6 is 0 Å². The third-order valence-electron chi connectivity index (χ3n) is 4.46. The second kappa shape index (κ2) is 4.04. The first-order valence-corrected chi connectivity index (χ1v) is 7.10. The molecule has 0 atom stereocenters. The average Bonchev–Trinajstić information content (AvgIpc) is 2.86. The van der Waals surface area contributed by atoms with Gasteiger partial charge in [0.25, 0.3) is 0 Å². The first kappa shape index (κ1) is 12.3. The maximum absolute atomic E-state index is 12.6. The number of benzene rings is 1. The fourth-order valence-electron chi connectivity index (χ4n) is 3.42. The molecule has 0 N–H and O–H groups in total. The molecule has 3 heteroatoms. The number of allylic oxidation sites excluding steroid dienone is 2. The molecule has 2 aliphatic carbocycles. The zero-order chi connectivity index (χ0) is 14.7. The quantitative estimate of drug-likeness (QED) is 0.685. The summed E-state index contributed by atoms with van der Waals surface area (Å²) in [7, 11) is 0. The molecule has 0 unspecified atom stereocenters. The Morgan fingerprint density at radius 2 is 1.71 bits per heavy atom. The highest BCUT2D eigenvalue weighted by molar-refractivity contribution is 6.53. The third-order valence-corrected chi connectivity index (χ3v) is 4.46. The minimum Gasteiger partial charge on any atom is -0.463 e. The van der Waals surface area contributed by atoms with Crippen molar-refractivity contribution in [1.29, 1.82) is 0 Å². The minimum absolute atomic E-state index is 0.395. The van der Waals surface area contributed by atoms with E-state index >= 15 is 0 Å². The number of hydrogen-bond acceptors (Lipinski definition) is 3. The van der Waals surface area contributed by atoms with Gasteiger partial charge in [0.1, 0.15) is 5.76 Å². The normalized spacial score (nSPS) is 16.2. The van der Waals surface area contributed by atoms with E-state index in [4.69, 9.17) is 4.42 Å². The van der Waals surface area contributed by atoms with E-state index in [0.717, 1.165) is 35.1 Å². The lowest BCUT2D eigenvalue weighted by Crippen LogP contribution is -2.23. The molecule has 0 saturated heterocycles. The fraction of sp³-hybridized carbons (Fsp3) is 0.222. The molecule has 0 amide bonds. The van der Waals surface area contributed by atoms with Gasteiger partial charge in [-0.05, 0) is 55.0 Å². The Kier molecular flexibility index (Phi) is 2.37. The number of furan rings is 1. The lowest BCUT2D eigenvalue weighted by molar-refractivity contribution is 0.0813. The van der Waals surface area contributed by atoms with Crippen LogP contribution in [0.15, 0.2) is 28.9 Å². The predicted octanol–water partition coefficient (Wildman–Crippen LogP) is 3.98. The molecule has 2 aromatic rings. The van der Waals surface area contributed by atoms with Gasteiger partial charge in [-0.2, -0.15) is 0 Å². The molecule has 0 spiro atoms. The van der Waals surface area contributed by atoms with E-state index in [2.05, 4.69) is 6.08 Å². The maximum atomic E-state index is 12.6. The molecular formula is C18H14O3. The highest BCUT2D eigenvalue weighted by atomic mass is 16.3. The molecule has 4 rings (SSSR count). The standard InChI is InChI=1S/C18H14O3/c1-9-4-3-5-12-11(9)6-7-13-15(12)17(20)16(19)14-10(2)8-21-18(13)14/h4,6-8H,3,5H2,1-2H3. The Bertz CT molecular complexity index is 850. The monoisotopic (exact) mass is 278 g/mol. The SMILES string of the molecule is CC1=CCCc2c1ccc1c2C(=O)C(=O)c2c(C)coc2-1. The van der Waals surface area contributed by atoms with Crippen LogP contribution in [-0.2, 0) is 6.42 Å². The van der Waals surface area contributed by atoms with Gasteiger partial charge in [-0.15, -0.1) is 0 Å². The Hall–Kier alpha value is -2.42. The van der Waals surface area contributed by atoms with Gasteiger partial charge in [0, 0.05) is 11.1 Å². The van der Waals surface area contributed by atoms with Crippen molar-refractivity contribution >= 4 is 17.1 Å². The molecular weight excluding hydrogens is 264 g/mol. The summed E-state index contributed by atoms with van der Waals surface area (Å²) in [5.74, 6) is -0.292. The number of Topliss-reactive ketones (excluding diaryl/α,β-unsaturated/α-hetero) is 2. The van der Waals surface area contributed by atoms with Crippen molar-refractivity contribution in [2.24, 2.45) is 0 Å². The number of carbonyl (C=O) groups is 2. The summed E-state index contributed by atoms with van der Waals surface area (Å²) >= 11 is 0. The van der Waals surface area contributed by atoms with Gasteiger partial charge in [0.2, 0.25) is 11.6 Å². The Labute approximate surface area is 122 Å². The van der Waals surface area contributed by atoms with Crippen LogP contribution < -0.4 is 0 Å². The van der Waals surface area contributed by atoms with Gasteiger partial charge in [-0.1, -0.05) is 12.1 Å². The van der Waals surface area contributed by atoms with Crippen LogP contribution in [0.3, 0.4) is 0 Å². The molecule has 0 bridgehead atoms. The van der Waals surface area contributed by atoms with Crippen LogP contribution in [0.4, 0.5) is 0 Å². The summed E-state index contributed by atoms with van der Waals surface area (Å²) in [4.78, 5) is 25.0. The predicted molar refractivity (Wildman–Crippen MR) is 79.5 cm³/mol. The Balaban J connectivity index is 2.09. The van der Waals surface area contributed by atoms with E-state index in [1.54, 1.807) is 13.2 Å². The van der Waals surface area contributed by atoms with Crippen molar-refractivity contribution < 1.29 is 14.0 Å². The highest BCUT2D eigenvalue weighted by Gasteiger charge is 2.37. The minimum atomic E-state index is -0.440. The largest absolute Gasteiger partial charge is 0.463 e. The van der Waals surface area contributed by atoms with Crippen molar-refractivity contribution in [3.8, 4) is 11.3 Å². The number of carbonyl (C=O) groups excluding carboxylic acids is 2. The second-order valence-electron chi connectivity index (χ2n) is 5.72. The van der Waals surface area contributed by atoms with Crippen LogP contribution in [0.2, 0.25) is 0 Å². The zero-order valence-electron chi connectivity index (χ0n) is 11.9. The summed E-state index contributed by atoms with van der Waals surface area (Å²) < 4.78 is 5.56.